The fourth-order valence-electron chi connectivity index (χ4n) is 1.39. The number of hydrogen-bond acceptors (Lipinski definition) is 2. The zero-order valence-corrected chi connectivity index (χ0v) is 11.9. The maximum absolute atomic E-state index is 9.84. The summed E-state index contributed by atoms with van der Waals surface area (Å²) >= 11 is 1.71. The monoisotopic (exact) mass is 238 g/mol. The number of aromatic hydroxyl groups is 1. The van der Waals surface area contributed by atoms with Gasteiger partial charge in [0, 0.05) is 9.64 Å². The molecule has 0 bridgehead atoms. The molecule has 0 fully saturated rings. The molecule has 0 saturated carbocycles. The smallest absolute Gasteiger partial charge is 0.129 e. The summed E-state index contributed by atoms with van der Waals surface area (Å²) in [6, 6.07) is 5.90. The van der Waals surface area contributed by atoms with Crippen molar-refractivity contribution in [1.82, 2.24) is 0 Å². The summed E-state index contributed by atoms with van der Waals surface area (Å²) in [7, 11) is 0. The molecule has 1 N–H and O–H groups in total. The third-order valence-electron chi connectivity index (χ3n) is 2.24. The van der Waals surface area contributed by atoms with E-state index >= 15 is 0 Å². The first-order chi connectivity index (χ1) is 7.09. The normalized spacial score (nSPS) is 12.9. The van der Waals surface area contributed by atoms with Crippen molar-refractivity contribution in [3.05, 3.63) is 23.8 Å². The highest BCUT2D eigenvalue weighted by atomic mass is 32.2. The summed E-state index contributed by atoms with van der Waals surface area (Å²) in [6.45, 7) is 13.0. The quantitative estimate of drug-likeness (QED) is 0.723. The maximum Gasteiger partial charge on any atom is 0.129 e. The first-order valence-electron chi connectivity index (χ1n) is 5.62. The first-order valence-corrected chi connectivity index (χ1v) is 6.44. The van der Waals surface area contributed by atoms with Gasteiger partial charge in [0.25, 0.3) is 0 Å². The molecule has 0 radical (unpaired) electrons. The van der Waals surface area contributed by atoms with Crippen molar-refractivity contribution < 1.29 is 5.11 Å². The minimum Gasteiger partial charge on any atom is -0.507 e. The number of rotatable bonds is 1. The van der Waals surface area contributed by atoms with Crippen LogP contribution in [0.1, 0.15) is 47.1 Å². The Morgan fingerprint density at radius 3 is 2.00 bits per heavy atom. The molecule has 0 aliphatic rings. The van der Waals surface area contributed by atoms with E-state index in [0.717, 1.165) is 4.90 Å². The first kappa shape index (κ1) is 13.4. The van der Waals surface area contributed by atoms with Crippen molar-refractivity contribution in [2.45, 2.75) is 56.6 Å². The van der Waals surface area contributed by atoms with Gasteiger partial charge in [-0.1, -0.05) is 47.6 Å². The van der Waals surface area contributed by atoms with E-state index in [-0.39, 0.29) is 10.2 Å². The fraction of sp³-hybridized carbons (Fsp3) is 0.571. The number of thioether (sulfide) groups is 1. The minimum atomic E-state index is 0.119. The van der Waals surface area contributed by atoms with Crippen molar-refractivity contribution in [2.75, 3.05) is 0 Å². The van der Waals surface area contributed by atoms with Gasteiger partial charge in [0.2, 0.25) is 0 Å². The maximum atomic E-state index is 9.84. The Balaban J connectivity index is 3.10. The van der Waals surface area contributed by atoms with E-state index in [1.165, 1.54) is 5.56 Å². The number of phenolic OH excluding ortho intramolecular Hbond substituents is 1. The van der Waals surface area contributed by atoms with Gasteiger partial charge >= 0.3 is 0 Å². The van der Waals surface area contributed by atoms with Gasteiger partial charge in [0.05, 0.1) is 0 Å². The predicted octanol–water partition coefficient (Wildman–Crippen LogP) is 4.58. The van der Waals surface area contributed by atoms with Crippen LogP contribution in [0.2, 0.25) is 0 Å². The fourth-order valence-corrected chi connectivity index (χ4v) is 2.41. The van der Waals surface area contributed by atoms with Crippen molar-refractivity contribution in [2.24, 2.45) is 0 Å². The SMILES string of the molecule is CC(C)(C)Sc1cc(C(C)(C)C)ccc1O. The Morgan fingerprint density at radius 2 is 1.56 bits per heavy atom. The molecule has 0 spiro atoms. The highest BCUT2D eigenvalue weighted by molar-refractivity contribution is 8.00. The van der Waals surface area contributed by atoms with Gasteiger partial charge < -0.3 is 5.11 Å². The second-order valence-electron chi connectivity index (χ2n) is 6.15. The molecule has 1 rings (SSSR count). The van der Waals surface area contributed by atoms with Crippen molar-refractivity contribution in [3.63, 3.8) is 0 Å². The average molecular weight is 238 g/mol. The molecule has 0 aliphatic carbocycles. The summed E-state index contributed by atoms with van der Waals surface area (Å²) in [5, 5.41) is 9.84. The molecule has 0 amide bonds. The Hall–Kier alpha value is -0.630. The molecule has 0 saturated heterocycles. The van der Waals surface area contributed by atoms with Gasteiger partial charge in [-0.2, -0.15) is 0 Å². The van der Waals surface area contributed by atoms with Gasteiger partial charge in [0.15, 0.2) is 0 Å². The van der Waals surface area contributed by atoms with E-state index in [1.807, 2.05) is 6.07 Å². The van der Waals surface area contributed by atoms with Crippen LogP contribution in [0.15, 0.2) is 23.1 Å². The topological polar surface area (TPSA) is 20.2 Å². The average Bonchev–Trinajstić information content (AvgIpc) is 2.04. The molecule has 90 valence electrons. The number of benzene rings is 1. The van der Waals surface area contributed by atoms with Crippen molar-refractivity contribution in [1.29, 1.82) is 0 Å². The summed E-state index contributed by atoms with van der Waals surface area (Å²) < 4.78 is 0.119. The lowest BCUT2D eigenvalue weighted by Gasteiger charge is -2.23. The molecule has 1 aromatic carbocycles. The zero-order chi connectivity index (χ0) is 12.6. The van der Waals surface area contributed by atoms with Crippen LogP contribution in [0.25, 0.3) is 0 Å². The Labute approximate surface area is 103 Å². The van der Waals surface area contributed by atoms with Crippen LogP contribution in [0, 0.1) is 0 Å². The van der Waals surface area contributed by atoms with Crippen molar-refractivity contribution >= 4 is 11.8 Å². The second kappa shape index (κ2) is 4.33. The van der Waals surface area contributed by atoms with Gasteiger partial charge in [-0.05, 0) is 23.1 Å². The Bertz CT molecular complexity index is 369. The zero-order valence-electron chi connectivity index (χ0n) is 11.1. The van der Waals surface area contributed by atoms with E-state index in [9.17, 15) is 5.11 Å². The number of phenols is 1. The summed E-state index contributed by atoms with van der Waals surface area (Å²) in [5.74, 6) is 0.382. The molecular formula is C14H22OS. The van der Waals surface area contributed by atoms with Crippen LogP contribution in [0.3, 0.4) is 0 Å². The van der Waals surface area contributed by atoms with E-state index in [2.05, 4.69) is 47.6 Å². The van der Waals surface area contributed by atoms with Gasteiger partial charge in [-0.3, -0.25) is 0 Å². The number of hydrogen-bond donors (Lipinski definition) is 1. The van der Waals surface area contributed by atoms with Crippen LogP contribution in [-0.4, -0.2) is 9.85 Å². The van der Waals surface area contributed by atoms with E-state index in [1.54, 1.807) is 17.8 Å². The third kappa shape index (κ3) is 3.75. The predicted molar refractivity (Wildman–Crippen MR) is 72.4 cm³/mol. The van der Waals surface area contributed by atoms with E-state index in [0.29, 0.717) is 5.75 Å². The third-order valence-corrected chi connectivity index (χ3v) is 3.40. The summed E-state index contributed by atoms with van der Waals surface area (Å²) in [4.78, 5) is 0.972. The molecule has 0 aliphatic heterocycles. The Kier molecular flexibility index (Phi) is 3.63. The molecular weight excluding hydrogens is 216 g/mol. The Morgan fingerprint density at radius 1 is 1.00 bits per heavy atom. The van der Waals surface area contributed by atoms with Crippen LogP contribution in [-0.2, 0) is 5.41 Å². The second-order valence-corrected chi connectivity index (χ2v) is 8.02. The molecule has 1 aromatic rings. The molecule has 16 heavy (non-hydrogen) atoms. The molecule has 0 unspecified atom stereocenters. The van der Waals surface area contributed by atoms with Gasteiger partial charge in [-0.15, -0.1) is 11.8 Å². The van der Waals surface area contributed by atoms with Crippen LogP contribution in [0.5, 0.6) is 5.75 Å². The lowest BCUT2D eigenvalue weighted by atomic mass is 9.87. The van der Waals surface area contributed by atoms with Crippen molar-refractivity contribution in [3.8, 4) is 5.75 Å². The molecule has 1 nitrogen and oxygen atoms in total. The van der Waals surface area contributed by atoms with Gasteiger partial charge in [0.1, 0.15) is 5.75 Å². The van der Waals surface area contributed by atoms with E-state index in [4.69, 9.17) is 0 Å². The largest absolute Gasteiger partial charge is 0.507 e. The van der Waals surface area contributed by atoms with Crippen LogP contribution in [0.4, 0.5) is 0 Å². The lowest BCUT2D eigenvalue weighted by molar-refractivity contribution is 0.460. The minimum absolute atomic E-state index is 0.119. The highest BCUT2D eigenvalue weighted by Gasteiger charge is 2.19. The highest BCUT2D eigenvalue weighted by Crippen LogP contribution is 2.39. The standard InChI is InChI=1S/C14H22OS/c1-13(2,3)10-7-8-11(15)12(9-10)16-14(4,5)6/h7-9,15H,1-6H3. The summed E-state index contributed by atoms with van der Waals surface area (Å²) in [6.07, 6.45) is 0. The van der Waals surface area contributed by atoms with Crippen LogP contribution >= 0.6 is 11.8 Å². The summed E-state index contributed by atoms with van der Waals surface area (Å²) in [5.41, 5.74) is 1.39. The molecule has 2 heteroatoms. The van der Waals surface area contributed by atoms with Gasteiger partial charge in [-0.25, -0.2) is 0 Å². The lowest BCUT2D eigenvalue weighted by Crippen LogP contribution is -2.12. The van der Waals surface area contributed by atoms with Crippen LogP contribution < -0.4 is 0 Å². The van der Waals surface area contributed by atoms with E-state index < -0.39 is 0 Å². The molecule has 0 atom stereocenters. The molecule has 0 heterocycles. The molecule has 0 aromatic heterocycles.